The van der Waals surface area contributed by atoms with Gasteiger partial charge in [-0.1, -0.05) is 42.5 Å². The van der Waals surface area contributed by atoms with Gasteiger partial charge in [0.05, 0.1) is 0 Å². The van der Waals surface area contributed by atoms with E-state index in [2.05, 4.69) is 5.32 Å². The van der Waals surface area contributed by atoms with E-state index in [0.29, 0.717) is 24.3 Å². The van der Waals surface area contributed by atoms with Crippen molar-refractivity contribution in [3.63, 3.8) is 0 Å². The van der Waals surface area contributed by atoms with Gasteiger partial charge >= 0.3 is 0 Å². The molecule has 27 heavy (non-hydrogen) atoms. The largest absolute Gasteiger partial charge is 0.338 e. The number of amides is 2. The molecule has 0 radical (unpaired) electrons. The fraction of sp³-hybridized carbons (Fsp3) is 0.318. The molecule has 1 N–H and O–H groups in total. The third-order valence-corrected chi connectivity index (χ3v) is 4.51. The van der Waals surface area contributed by atoms with E-state index in [9.17, 15) is 14.4 Å². The van der Waals surface area contributed by atoms with Crippen LogP contribution in [0.5, 0.6) is 0 Å². The summed E-state index contributed by atoms with van der Waals surface area (Å²) in [5, 5.41) is 2.76. The molecule has 2 rings (SSSR count). The molecule has 0 unspecified atom stereocenters. The lowest BCUT2D eigenvalue weighted by molar-refractivity contribution is -0.146. The van der Waals surface area contributed by atoms with E-state index in [-0.39, 0.29) is 11.7 Å². The predicted octanol–water partition coefficient (Wildman–Crippen LogP) is 3.90. The zero-order valence-corrected chi connectivity index (χ0v) is 16.3. The third-order valence-electron chi connectivity index (χ3n) is 4.51. The number of carbonyl (C=O) groups is 3. The molecule has 0 aliphatic heterocycles. The van der Waals surface area contributed by atoms with Crippen molar-refractivity contribution in [3.05, 3.63) is 65.7 Å². The zero-order chi connectivity index (χ0) is 20.0. The fourth-order valence-corrected chi connectivity index (χ4v) is 2.73. The van der Waals surface area contributed by atoms with Crippen LogP contribution in [0, 0.1) is 5.41 Å². The first-order valence-electron chi connectivity index (χ1n) is 9.01. The topological polar surface area (TPSA) is 66.5 Å². The highest BCUT2D eigenvalue weighted by atomic mass is 16.2. The number of nitrogens with one attached hydrogen (secondary N) is 1. The van der Waals surface area contributed by atoms with Gasteiger partial charge in [0, 0.05) is 24.3 Å². The summed E-state index contributed by atoms with van der Waals surface area (Å²) in [6, 6.07) is 16.4. The summed E-state index contributed by atoms with van der Waals surface area (Å²) in [4.78, 5) is 39.0. The molecule has 142 valence electrons. The van der Waals surface area contributed by atoms with Gasteiger partial charge in [0.15, 0.2) is 5.78 Å². The second-order valence-electron chi connectivity index (χ2n) is 7.02. The van der Waals surface area contributed by atoms with Gasteiger partial charge in [-0.25, -0.2) is 0 Å². The number of nitrogens with zero attached hydrogens (tertiary/aromatic N) is 1. The van der Waals surface area contributed by atoms with E-state index in [1.807, 2.05) is 37.3 Å². The van der Waals surface area contributed by atoms with Crippen LogP contribution in [0.1, 0.15) is 43.6 Å². The highest BCUT2D eigenvalue weighted by Gasteiger charge is 2.38. The second-order valence-corrected chi connectivity index (χ2v) is 7.02. The van der Waals surface area contributed by atoms with Crippen LogP contribution in [-0.4, -0.2) is 29.0 Å². The van der Waals surface area contributed by atoms with Gasteiger partial charge < -0.3 is 10.2 Å². The molecule has 5 heteroatoms. The van der Waals surface area contributed by atoms with Gasteiger partial charge in [0.25, 0.3) is 0 Å². The van der Waals surface area contributed by atoms with Crippen LogP contribution in [0.15, 0.2) is 54.6 Å². The standard InChI is InChI=1S/C22H26N2O3/c1-5-24(15-17-10-7-6-8-11-17)21(27)22(3,4)20(26)23-19-13-9-12-18(14-19)16(2)25/h6-14H,5,15H2,1-4H3,(H,23,26). The maximum Gasteiger partial charge on any atom is 0.239 e. The molecular weight excluding hydrogens is 340 g/mol. The van der Waals surface area contributed by atoms with Crippen LogP contribution in [0.4, 0.5) is 5.69 Å². The highest BCUT2D eigenvalue weighted by Crippen LogP contribution is 2.23. The first-order valence-corrected chi connectivity index (χ1v) is 9.01. The van der Waals surface area contributed by atoms with Crippen LogP contribution in [0.25, 0.3) is 0 Å². The number of benzene rings is 2. The van der Waals surface area contributed by atoms with E-state index in [1.165, 1.54) is 6.92 Å². The average Bonchev–Trinajstić information content (AvgIpc) is 2.66. The lowest BCUT2D eigenvalue weighted by atomic mass is 9.89. The molecule has 0 aromatic heterocycles. The highest BCUT2D eigenvalue weighted by molar-refractivity contribution is 6.10. The van der Waals surface area contributed by atoms with Crippen LogP contribution in [-0.2, 0) is 16.1 Å². The Morgan fingerprint density at radius 2 is 1.67 bits per heavy atom. The number of Topliss-reactive ketones (excluding diaryl/α,β-unsaturated/α-hetero) is 1. The van der Waals surface area contributed by atoms with Gasteiger partial charge in [0.2, 0.25) is 11.8 Å². The molecule has 2 amide bonds. The van der Waals surface area contributed by atoms with E-state index in [4.69, 9.17) is 0 Å². The van der Waals surface area contributed by atoms with Gasteiger partial charge in [-0.05, 0) is 45.4 Å². The molecule has 0 heterocycles. The number of hydrogen-bond donors (Lipinski definition) is 1. The molecule has 0 fully saturated rings. The van der Waals surface area contributed by atoms with E-state index < -0.39 is 11.3 Å². The van der Waals surface area contributed by atoms with Crippen LogP contribution >= 0.6 is 0 Å². The van der Waals surface area contributed by atoms with Gasteiger partial charge in [-0.2, -0.15) is 0 Å². The van der Waals surface area contributed by atoms with E-state index >= 15 is 0 Å². The van der Waals surface area contributed by atoms with Crippen molar-refractivity contribution >= 4 is 23.3 Å². The minimum Gasteiger partial charge on any atom is -0.338 e. The fourth-order valence-electron chi connectivity index (χ4n) is 2.73. The number of ketones is 1. The Bertz CT molecular complexity index is 828. The van der Waals surface area contributed by atoms with Crippen LogP contribution in [0.3, 0.4) is 0 Å². The van der Waals surface area contributed by atoms with E-state index in [1.54, 1.807) is 43.0 Å². The first-order chi connectivity index (χ1) is 12.8. The Balaban J connectivity index is 2.14. The Labute approximate surface area is 160 Å². The number of hydrogen-bond acceptors (Lipinski definition) is 3. The van der Waals surface area contributed by atoms with Crippen molar-refractivity contribution in [2.75, 3.05) is 11.9 Å². The average molecular weight is 366 g/mol. The van der Waals surface area contributed by atoms with E-state index in [0.717, 1.165) is 5.56 Å². The molecule has 0 atom stereocenters. The molecule has 5 nitrogen and oxygen atoms in total. The minimum absolute atomic E-state index is 0.0820. The van der Waals surface area contributed by atoms with Crippen molar-refractivity contribution in [1.29, 1.82) is 0 Å². The number of carbonyl (C=O) groups excluding carboxylic acids is 3. The van der Waals surface area contributed by atoms with Crippen LogP contribution < -0.4 is 5.32 Å². The smallest absolute Gasteiger partial charge is 0.239 e. The monoisotopic (exact) mass is 366 g/mol. The number of anilines is 1. The quantitative estimate of drug-likeness (QED) is 0.597. The Morgan fingerprint density at radius 3 is 2.26 bits per heavy atom. The summed E-state index contributed by atoms with van der Waals surface area (Å²) in [5.74, 6) is -0.727. The summed E-state index contributed by atoms with van der Waals surface area (Å²) >= 11 is 0. The molecule has 2 aromatic carbocycles. The third kappa shape index (κ3) is 5.03. The Morgan fingerprint density at radius 1 is 1.00 bits per heavy atom. The van der Waals surface area contributed by atoms with Crippen molar-refractivity contribution < 1.29 is 14.4 Å². The molecule has 0 saturated heterocycles. The lowest BCUT2D eigenvalue weighted by Crippen LogP contribution is -2.47. The van der Waals surface area contributed by atoms with Crippen molar-refractivity contribution in [1.82, 2.24) is 4.90 Å². The normalized spacial score (nSPS) is 11.0. The molecule has 0 aliphatic carbocycles. The summed E-state index contributed by atoms with van der Waals surface area (Å²) in [6.07, 6.45) is 0. The Kier molecular flexibility index (Phi) is 6.50. The molecule has 2 aromatic rings. The first kappa shape index (κ1) is 20.4. The maximum atomic E-state index is 13.0. The summed E-state index contributed by atoms with van der Waals surface area (Å²) in [7, 11) is 0. The molecule has 0 spiro atoms. The second kappa shape index (κ2) is 8.62. The van der Waals surface area contributed by atoms with Gasteiger partial charge in [0.1, 0.15) is 5.41 Å². The van der Waals surface area contributed by atoms with Crippen LogP contribution in [0.2, 0.25) is 0 Å². The predicted molar refractivity (Wildman–Crippen MR) is 106 cm³/mol. The molecule has 0 bridgehead atoms. The summed E-state index contributed by atoms with van der Waals surface area (Å²) < 4.78 is 0. The number of rotatable bonds is 7. The van der Waals surface area contributed by atoms with Gasteiger partial charge in [-0.15, -0.1) is 0 Å². The Hall–Kier alpha value is -2.95. The maximum absolute atomic E-state index is 13.0. The molecule has 0 aliphatic rings. The van der Waals surface area contributed by atoms with Crippen molar-refractivity contribution in [2.45, 2.75) is 34.2 Å². The van der Waals surface area contributed by atoms with Crippen molar-refractivity contribution in [2.24, 2.45) is 5.41 Å². The van der Waals surface area contributed by atoms with Crippen molar-refractivity contribution in [3.8, 4) is 0 Å². The summed E-state index contributed by atoms with van der Waals surface area (Å²) in [5.41, 5.74) is 0.783. The zero-order valence-electron chi connectivity index (χ0n) is 16.3. The lowest BCUT2D eigenvalue weighted by Gasteiger charge is -2.30. The summed E-state index contributed by atoms with van der Waals surface area (Å²) in [6.45, 7) is 7.56. The molecule has 0 saturated carbocycles. The van der Waals surface area contributed by atoms with Gasteiger partial charge in [-0.3, -0.25) is 14.4 Å². The SMILES string of the molecule is CCN(Cc1ccccc1)C(=O)C(C)(C)C(=O)Nc1cccc(C(C)=O)c1. The minimum atomic E-state index is -1.24. The molecular formula is C22H26N2O3.